The van der Waals surface area contributed by atoms with Gasteiger partial charge in [-0.25, -0.2) is 0 Å². The van der Waals surface area contributed by atoms with E-state index in [-0.39, 0.29) is 5.60 Å². The van der Waals surface area contributed by atoms with Crippen molar-refractivity contribution in [2.75, 3.05) is 20.2 Å². The second kappa shape index (κ2) is 9.50. The molecule has 0 saturated carbocycles. The molecule has 0 radical (unpaired) electrons. The fourth-order valence-corrected chi connectivity index (χ4v) is 3.49. The topological polar surface area (TPSA) is 45.6 Å². The van der Waals surface area contributed by atoms with Crippen molar-refractivity contribution in [1.82, 2.24) is 9.88 Å². The molecule has 2 heterocycles. The van der Waals surface area contributed by atoms with Gasteiger partial charge in [0.05, 0.1) is 12.1 Å². The van der Waals surface area contributed by atoms with Crippen LogP contribution in [0.1, 0.15) is 70.9 Å². The molecule has 0 spiro atoms. The zero-order valence-corrected chi connectivity index (χ0v) is 16.8. The summed E-state index contributed by atoms with van der Waals surface area (Å²) in [5, 5.41) is 10.6. The van der Waals surface area contributed by atoms with Gasteiger partial charge in [0.15, 0.2) is 0 Å². The number of aliphatic hydroxyl groups is 1. The minimum atomic E-state index is -0.941. The summed E-state index contributed by atoms with van der Waals surface area (Å²) in [6, 6.07) is 4.54. The third kappa shape index (κ3) is 6.72. The number of rotatable bonds is 7. The monoisotopic (exact) mass is 358 g/mol. The Bertz CT molecular complexity index is 602. The van der Waals surface area contributed by atoms with Gasteiger partial charge in [0.2, 0.25) is 0 Å². The molecule has 1 aromatic rings. The van der Waals surface area contributed by atoms with Crippen LogP contribution in [-0.2, 0) is 4.74 Å². The molecule has 4 heteroatoms. The molecule has 0 unspecified atom stereocenters. The van der Waals surface area contributed by atoms with Crippen LogP contribution in [0.2, 0.25) is 0 Å². The van der Waals surface area contributed by atoms with Gasteiger partial charge < -0.3 is 9.84 Å². The first-order chi connectivity index (χ1) is 12.3. The van der Waals surface area contributed by atoms with Crippen molar-refractivity contribution >= 4 is 0 Å². The van der Waals surface area contributed by atoms with Gasteiger partial charge in [0, 0.05) is 25.5 Å². The molecule has 0 bridgehead atoms. The van der Waals surface area contributed by atoms with E-state index in [1.54, 1.807) is 7.11 Å². The van der Waals surface area contributed by atoms with Gasteiger partial charge in [-0.15, -0.1) is 0 Å². The predicted octanol–water partition coefficient (Wildman–Crippen LogP) is 3.96. The quantitative estimate of drug-likeness (QED) is 0.750. The van der Waals surface area contributed by atoms with Crippen molar-refractivity contribution in [2.45, 2.75) is 76.5 Å². The van der Waals surface area contributed by atoms with Crippen LogP contribution < -0.4 is 0 Å². The molecule has 1 N–H and O–H groups in total. The molecule has 2 atom stereocenters. The summed E-state index contributed by atoms with van der Waals surface area (Å²) < 4.78 is 5.44. The second-order valence-electron chi connectivity index (χ2n) is 8.16. The van der Waals surface area contributed by atoms with Crippen LogP contribution in [-0.4, -0.2) is 46.4 Å². The number of hydrogen-bond acceptors (Lipinski definition) is 4. The molecule has 1 aromatic heterocycles. The minimum absolute atomic E-state index is 0.145. The Morgan fingerprint density at radius 1 is 1.31 bits per heavy atom. The van der Waals surface area contributed by atoms with E-state index in [9.17, 15) is 5.11 Å². The number of piperidine rings is 1. The van der Waals surface area contributed by atoms with Crippen LogP contribution in [0.4, 0.5) is 0 Å². The normalized spacial score (nSPS) is 20.9. The van der Waals surface area contributed by atoms with E-state index in [2.05, 4.69) is 41.6 Å². The molecule has 1 saturated heterocycles. The second-order valence-corrected chi connectivity index (χ2v) is 8.16. The van der Waals surface area contributed by atoms with Crippen molar-refractivity contribution in [1.29, 1.82) is 0 Å². The van der Waals surface area contributed by atoms with Crippen LogP contribution >= 0.6 is 0 Å². The lowest BCUT2D eigenvalue weighted by atomic mass is 9.94. The lowest BCUT2D eigenvalue weighted by Crippen LogP contribution is -2.34. The van der Waals surface area contributed by atoms with Crippen molar-refractivity contribution in [2.24, 2.45) is 0 Å². The van der Waals surface area contributed by atoms with Gasteiger partial charge >= 0.3 is 0 Å². The molecule has 1 fully saturated rings. The third-order valence-corrected chi connectivity index (χ3v) is 5.32. The van der Waals surface area contributed by atoms with Crippen molar-refractivity contribution < 1.29 is 9.84 Å². The standard InChI is InChI=1S/C22H34N2O2/c1-21(2,26-4)12-8-13-22(3,25)14-9-17-24-16-6-5-11-20(24)19-10-7-15-23-18-19/h7,10,15,18,20,25H,5-6,8,11-13,16-17H2,1-4H3/t20-,22+/m1/s1. The Morgan fingerprint density at radius 3 is 2.81 bits per heavy atom. The first-order valence-corrected chi connectivity index (χ1v) is 9.74. The molecule has 1 aliphatic rings. The predicted molar refractivity (Wildman–Crippen MR) is 106 cm³/mol. The number of pyridine rings is 1. The Hall–Kier alpha value is -1.41. The van der Waals surface area contributed by atoms with E-state index in [1.165, 1.54) is 18.4 Å². The maximum atomic E-state index is 10.6. The van der Waals surface area contributed by atoms with Crippen LogP contribution in [0.3, 0.4) is 0 Å². The summed E-state index contributed by atoms with van der Waals surface area (Å²) in [7, 11) is 1.73. The zero-order chi connectivity index (χ0) is 19.0. The molecule has 4 nitrogen and oxygen atoms in total. The zero-order valence-electron chi connectivity index (χ0n) is 16.8. The smallest absolute Gasteiger partial charge is 0.122 e. The van der Waals surface area contributed by atoms with Crippen LogP contribution in [0, 0.1) is 11.8 Å². The van der Waals surface area contributed by atoms with E-state index < -0.39 is 5.60 Å². The SMILES string of the molecule is COC(C)(C)CCC[C@](C)(O)C#CCN1CCCC[C@@H]1c1cccnc1. The van der Waals surface area contributed by atoms with Gasteiger partial charge in [-0.05, 0) is 71.0 Å². The number of likely N-dealkylation sites (tertiary alicyclic amines) is 1. The number of hydrogen-bond donors (Lipinski definition) is 1. The van der Waals surface area contributed by atoms with Crippen molar-refractivity contribution in [3.63, 3.8) is 0 Å². The van der Waals surface area contributed by atoms with E-state index >= 15 is 0 Å². The van der Waals surface area contributed by atoms with E-state index in [1.807, 2.05) is 25.4 Å². The maximum Gasteiger partial charge on any atom is 0.122 e. The summed E-state index contributed by atoms with van der Waals surface area (Å²) in [5.41, 5.74) is 0.181. The summed E-state index contributed by atoms with van der Waals surface area (Å²) in [5.74, 6) is 6.32. The molecule has 0 aliphatic carbocycles. The van der Waals surface area contributed by atoms with E-state index in [0.717, 1.165) is 25.8 Å². The van der Waals surface area contributed by atoms with Crippen molar-refractivity contribution in [3.05, 3.63) is 30.1 Å². The number of methoxy groups -OCH3 is 1. The lowest BCUT2D eigenvalue weighted by molar-refractivity contribution is 0.00832. The maximum absolute atomic E-state index is 10.6. The van der Waals surface area contributed by atoms with Crippen LogP contribution in [0.15, 0.2) is 24.5 Å². The van der Waals surface area contributed by atoms with Crippen LogP contribution in [0.25, 0.3) is 0 Å². The molecule has 0 amide bonds. The first kappa shape index (κ1) is 20.9. The van der Waals surface area contributed by atoms with E-state index in [0.29, 0.717) is 19.0 Å². The molecule has 144 valence electrons. The summed E-state index contributed by atoms with van der Waals surface area (Å²) in [6.45, 7) is 7.71. The molecule has 1 aliphatic heterocycles. The molecular weight excluding hydrogens is 324 g/mol. The fourth-order valence-electron chi connectivity index (χ4n) is 3.49. The Balaban J connectivity index is 1.89. The fraction of sp³-hybridized carbons (Fsp3) is 0.682. The average molecular weight is 359 g/mol. The number of ether oxygens (including phenoxy) is 1. The third-order valence-electron chi connectivity index (χ3n) is 5.32. The molecule has 26 heavy (non-hydrogen) atoms. The molecular formula is C22H34N2O2. The highest BCUT2D eigenvalue weighted by Crippen LogP contribution is 2.29. The minimum Gasteiger partial charge on any atom is -0.379 e. The first-order valence-electron chi connectivity index (χ1n) is 9.74. The number of nitrogens with zero attached hydrogens (tertiary/aromatic N) is 2. The molecule has 2 rings (SSSR count). The van der Waals surface area contributed by atoms with E-state index in [4.69, 9.17) is 4.74 Å². The highest BCUT2D eigenvalue weighted by atomic mass is 16.5. The van der Waals surface area contributed by atoms with Gasteiger partial charge in [0.1, 0.15) is 5.60 Å². The van der Waals surface area contributed by atoms with Gasteiger partial charge in [-0.1, -0.05) is 24.3 Å². The summed E-state index contributed by atoms with van der Waals surface area (Å²) in [6.07, 6.45) is 9.86. The lowest BCUT2D eigenvalue weighted by Gasteiger charge is -2.34. The Morgan fingerprint density at radius 2 is 2.12 bits per heavy atom. The average Bonchev–Trinajstić information content (AvgIpc) is 2.62. The highest BCUT2D eigenvalue weighted by molar-refractivity contribution is 5.17. The summed E-state index contributed by atoms with van der Waals surface area (Å²) in [4.78, 5) is 6.68. The van der Waals surface area contributed by atoms with Gasteiger partial charge in [-0.3, -0.25) is 9.88 Å². The highest BCUT2D eigenvalue weighted by Gasteiger charge is 2.24. The van der Waals surface area contributed by atoms with Gasteiger partial charge in [0.25, 0.3) is 0 Å². The Kier molecular flexibility index (Phi) is 7.64. The van der Waals surface area contributed by atoms with Crippen LogP contribution in [0.5, 0.6) is 0 Å². The molecule has 0 aromatic carbocycles. The largest absolute Gasteiger partial charge is 0.379 e. The van der Waals surface area contributed by atoms with Gasteiger partial charge in [-0.2, -0.15) is 0 Å². The van der Waals surface area contributed by atoms with Crippen molar-refractivity contribution in [3.8, 4) is 11.8 Å². The Labute approximate surface area is 159 Å². The number of aromatic nitrogens is 1. The summed E-state index contributed by atoms with van der Waals surface area (Å²) >= 11 is 0.